The predicted octanol–water partition coefficient (Wildman–Crippen LogP) is -1.19. The minimum absolute atomic E-state index is 0.0164. The molecule has 10 amide bonds. The zero-order valence-electron chi connectivity index (χ0n) is 43.8. The van der Waals surface area contributed by atoms with E-state index in [-0.39, 0.29) is 68.9 Å². The van der Waals surface area contributed by atoms with E-state index in [0.717, 1.165) is 16.5 Å². The van der Waals surface area contributed by atoms with Crippen molar-refractivity contribution in [2.45, 2.75) is 134 Å². The Kier molecular flexibility index (Phi) is 22.4. The third-order valence-electron chi connectivity index (χ3n) is 12.8. The van der Waals surface area contributed by atoms with Crippen molar-refractivity contribution in [2.24, 2.45) is 23.3 Å². The molecule has 3 heterocycles. The number of amides is 10. The largest absolute Gasteiger partial charge is 0.370 e. The second-order valence-corrected chi connectivity index (χ2v) is 21.6. The van der Waals surface area contributed by atoms with Crippen LogP contribution < -0.4 is 54.0 Å². The number of fused-ring (bicyclic) bond motifs is 1. The summed E-state index contributed by atoms with van der Waals surface area (Å²) in [5.41, 5.74) is 13.7. The van der Waals surface area contributed by atoms with E-state index in [1.165, 1.54) is 19.4 Å². The summed E-state index contributed by atoms with van der Waals surface area (Å²) in [4.78, 5) is 142. The van der Waals surface area contributed by atoms with Crippen molar-refractivity contribution in [3.05, 3.63) is 90.1 Å². The SMILES string of the molecule is CC(C)C[C@H](C(N)=O)[S@](=O)C[C@H](Cc1ccccc1)NC(=O)[C@H](Cc1cnc[nH]1)NC(=O)CNC(=O)[C@@H](NC(=O)[C@H](C)NC(=O)[C@H](Cc1c[nH]c2ccccc12)NC(=O)[C@H](CCC(N)=O)NC(=O)[C@@H]1CCC(=O)N1)C(C)C. The maximum absolute atomic E-state index is 14.1. The van der Waals surface area contributed by atoms with Gasteiger partial charge < -0.3 is 64.0 Å². The monoisotopic (exact) mass is 1090 g/mol. The van der Waals surface area contributed by atoms with Crippen molar-refractivity contribution >= 4 is 80.8 Å². The molecule has 5 rings (SSSR count). The standard InChI is InChI=1S/C52H71N13O11S/c1-28(2)19-41(46(54)69)77(76)26-34(20-31-11-7-6-8-12-31)60-51(74)40(22-33-24-55-27-58-33)62-44(68)25-57-52(75)45(29(3)4)65-47(70)30(5)59-50(73)39(21-32-23-56-36-14-10-9-13-35(32)36)64-49(72)38(15-17-42(53)66)63-48(71)37-16-18-43(67)61-37/h6-14,23-24,27-30,34,37-41,45,56H,15-22,25-26H2,1-5H3,(H2,53,66)(H2,54,69)(H,55,58)(H,57,75)(H,59,73)(H,60,74)(H,61,67)(H,62,68)(H,63,71)(H,64,72)(H,65,70)/t30-,34-,37-,38-,39-,40-,41+,45-,77+/m0/s1. The molecule has 1 aliphatic heterocycles. The van der Waals surface area contributed by atoms with E-state index in [1.807, 2.05) is 62.4 Å². The number of hydrogen-bond donors (Lipinski definition) is 12. The number of carbonyl (C=O) groups is 10. The highest BCUT2D eigenvalue weighted by Gasteiger charge is 2.35. The first-order valence-corrected chi connectivity index (χ1v) is 26.9. The van der Waals surface area contributed by atoms with E-state index in [4.69, 9.17) is 11.5 Å². The van der Waals surface area contributed by atoms with Crippen LogP contribution in [0.5, 0.6) is 0 Å². The summed E-state index contributed by atoms with van der Waals surface area (Å²) >= 11 is 0. The van der Waals surface area contributed by atoms with Crippen LogP contribution in [0.25, 0.3) is 10.9 Å². The Morgan fingerprint density at radius 3 is 2.05 bits per heavy atom. The second kappa shape index (κ2) is 28.8. The van der Waals surface area contributed by atoms with Gasteiger partial charge in [0.1, 0.15) is 41.5 Å². The predicted molar refractivity (Wildman–Crippen MR) is 285 cm³/mol. The molecule has 14 N–H and O–H groups in total. The Balaban J connectivity index is 1.25. The van der Waals surface area contributed by atoms with Crippen LogP contribution in [-0.2, 0) is 78.0 Å². The Morgan fingerprint density at radius 2 is 1.42 bits per heavy atom. The van der Waals surface area contributed by atoms with E-state index in [0.29, 0.717) is 11.3 Å². The van der Waals surface area contributed by atoms with E-state index < -0.39 is 124 Å². The van der Waals surface area contributed by atoms with E-state index in [9.17, 15) is 52.2 Å². The van der Waals surface area contributed by atoms with E-state index in [2.05, 4.69) is 57.5 Å². The number of nitrogens with zero attached hydrogens (tertiary/aromatic N) is 1. The molecule has 0 saturated carbocycles. The molecule has 1 fully saturated rings. The van der Waals surface area contributed by atoms with E-state index >= 15 is 0 Å². The normalized spacial score (nSPS) is 16.4. The van der Waals surface area contributed by atoms with Crippen LogP contribution in [0, 0.1) is 11.8 Å². The third kappa shape index (κ3) is 18.7. The van der Waals surface area contributed by atoms with Gasteiger partial charge in [-0.1, -0.05) is 76.2 Å². The van der Waals surface area contributed by atoms with Gasteiger partial charge in [-0.05, 0) is 61.6 Å². The number of aromatic nitrogens is 3. The van der Waals surface area contributed by atoms with Crippen molar-refractivity contribution in [1.82, 2.24) is 57.5 Å². The summed E-state index contributed by atoms with van der Waals surface area (Å²) in [6, 6.07) is 8.20. The van der Waals surface area contributed by atoms with Crippen molar-refractivity contribution in [3.8, 4) is 0 Å². The zero-order chi connectivity index (χ0) is 56.3. The Bertz CT molecular complexity index is 2750. The average molecular weight is 1090 g/mol. The molecule has 9 atom stereocenters. The zero-order valence-corrected chi connectivity index (χ0v) is 44.6. The maximum Gasteiger partial charge on any atom is 0.243 e. The van der Waals surface area contributed by atoms with Gasteiger partial charge in [0, 0.05) is 77.3 Å². The van der Waals surface area contributed by atoms with Gasteiger partial charge in [-0.3, -0.25) is 52.2 Å². The van der Waals surface area contributed by atoms with Crippen molar-refractivity contribution < 1.29 is 52.2 Å². The molecule has 2 aromatic carbocycles. The van der Waals surface area contributed by atoms with Gasteiger partial charge >= 0.3 is 0 Å². The summed E-state index contributed by atoms with van der Waals surface area (Å²) < 4.78 is 13.6. The Labute approximate surface area is 448 Å². The molecule has 4 aromatic rings. The highest BCUT2D eigenvalue weighted by atomic mass is 32.2. The number of hydrogen-bond acceptors (Lipinski definition) is 12. The lowest BCUT2D eigenvalue weighted by atomic mass is 10.0. The van der Waals surface area contributed by atoms with Gasteiger partial charge in [-0.15, -0.1) is 0 Å². The highest BCUT2D eigenvalue weighted by Crippen LogP contribution is 2.20. The number of nitrogens with one attached hydrogen (secondary N) is 10. The van der Waals surface area contributed by atoms with Gasteiger partial charge in [-0.2, -0.15) is 0 Å². The summed E-state index contributed by atoms with van der Waals surface area (Å²) in [7, 11) is -1.77. The number of para-hydroxylation sites is 1. The molecule has 416 valence electrons. The number of aromatic amines is 2. The fourth-order valence-corrected chi connectivity index (χ4v) is 10.3. The smallest absolute Gasteiger partial charge is 0.243 e. The number of H-pyrrole nitrogens is 2. The second-order valence-electron chi connectivity index (χ2n) is 19.9. The van der Waals surface area contributed by atoms with E-state index in [1.54, 1.807) is 26.1 Å². The summed E-state index contributed by atoms with van der Waals surface area (Å²) in [6.07, 6.45) is 4.67. The lowest BCUT2D eigenvalue weighted by Crippen LogP contribution is -2.59. The molecule has 24 nitrogen and oxygen atoms in total. The molecule has 0 spiro atoms. The van der Waals surface area contributed by atoms with Gasteiger partial charge in [0.05, 0.1) is 12.9 Å². The molecular formula is C52H71N13O11S. The number of rotatable bonds is 30. The number of primary amides is 2. The van der Waals surface area contributed by atoms with Crippen LogP contribution in [-0.4, -0.2) is 138 Å². The number of nitrogens with two attached hydrogens (primary N) is 2. The third-order valence-corrected chi connectivity index (χ3v) is 14.6. The van der Waals surface area contributed by atoms with Crippen LogP contribution in [0.4, 0.5) is 0 Å². The minimum Gasteiger partial charge on any atom is -0.370 e. The van der Waals surface area contributed by atoms with Crippen LogP contribution in [0.15, 0.2) is 73.3 Å². The quantitative estimate of drug-likeness (QED) is 0.0294. The first-order valence-electron chi connectivity index (χ1n) is 25.5. The molecule has 1 saturated heterocycles. The molecule has 0 radical (unpaired) electrons. The van der Waals surface area contributed by atoms with Crippen LogP contribution in [0.1, 0.15) is 83.5 Å². The number of imidazole rings is 1. The summed E-state index contributed by atoms with van der Waals surface area (Å²) in [6.45, 7) is 7.78. The molecule has 0 unspecified atom stereocenters. The van der Waals surface area contributed by atoms with Crippen molar-refractivity contribution in [1.29, 1.82) is 0 Å². The fraction of sp³-hybridized carbons (Fsp3) is 0.481. The first kappa shape index (κ1) is 59.9. The maximum atomic E-state index is 14.1. The van der Waals surface area contributed by atoms with Gasteiger partial charge in [0.15, 0.2) is 0 Å². The Morgan fingerprint density at radius 1 is 0.740 bits per heavy atom. The number of carbonyl (C=O) groups excluding carboxylic acids is 10. The molecule has 0 aliphatic carbocycles. The topological polar surface area (TPSA) is 381 Å². The highest BCUT2D eigenvalue weighted by molar-refractivity contribution is 7.86. The average Bonchev–Trinajstić information content (AvgIpc) is 4.17. The Hall–Kier alpha value is -7.96. The lowest BCUT2D eigenvalue weighted by molar-refractivity contribution is -0.135. The summed E-state index contributed by atoms with van der Waals surface area (Å²) in [5.74, 6) is -7.75. The van der Waals surface area contributed by atoms with Crippen LogP contribution in [0.2, 0.25) is 0 Å². The fourth-order valence-electron chi connectivity index (χ4n) is 8.63. The molecule has 1 aliphatic rings. The molecule has 25 heteroatoms. The minimum atomic E-state index is -1.77. The molecular weight excluding hydrogens is 1010 g/mol. The van der Waals surface area contributed by atoms with Gasteiger partial charge in [0.2, 0.25) is 59.1 Å². The van der Waals surface area contributed by atoms with Crippen LogP contribution in [0.3, 0.4) is 0 Å². The molecule has 2 aromatic heterocycles. The summed E-state index contributed by atoms with van der Waals surface area (Å²) in [5, 5.41) is 20.8. The van der Waals surface area contributed by atoms with Crippen LogP contribution >= 0.6 is 0 Å². The first-order chi connectivity index (χ1) is 36.6. The number of benzene rings is 2. The van der Waals surface area contributed by atoms with Gasteiger partial charge in [-0.25, -0.2) is 4.98 Å². The molecule has 0 bridgehead atoms. The lowest BCUT2D eigenvalue weighted by Gasteiger charge is -2.26. The van der Waals surface area contributed by atoms with Gasteiger partial charge in [0.25, 0.3) is 0 Å². The van der Waals surface area contributed by atoms with Crippen molar-refractivity contribution in [3.63, 3.8) is 0 Å². The molecule has 77 heavy (non-hydrogen) atoms. The van der Waals surface area contributed by atoms with Crippen molar-refractivity contribution in [2.75, 3.05) is 12.3 Å².